The number of sulfonamides is 1. The third-order valence-electron chi connectivity index (χ3n) is 7.14. The van der Waals surface area contributed by atoms with Crippen LogP contribution in [-0.4, -0.2) is 57.1 Å². The van der Waals surface area contributed by atoms with Crippen molar-refractivity contribution < 1.29 is 22.7 Å². The van der Waals surface area contributed by atoms with Gasteiger partial charge in [0.15, 0.2) is 0 Å². The van der Waals surface area contributed by atoms with E-state index < -0.39 is 16.1 Å². The standard InChI is InChI=1S/C29H41N3O5S/c1-5-23-15-17-26(18-16-23)32(38(4,35)36)19-9-14-28(33)31(21-24-10-8-13-27(20-24)37-3)22(2)29(34)30-25-11-6-7-12-25/h8,10,13,15-18,20,22,25H,5-7,9,11-12,14,19,21H2,1-4H3,(H,30,34)/t22-/m0/s1. The van der Waals surface area contributed by atoms with E-state index in [1.807, 2.05) is 43.3 Å². The first-order chi connectivity index (χ1) is 18.1. The fourth-order valence-electron chi connectivity index (χ4n) is 4.84. The van der Waals surface area contributed by atoms with Crippen LogP contribution in [0.15, 0.2) is 48.5 Å². The normalized spacial score (nSPS) is 14.6. The SMILES string of the molecule is CCc1ccc(N(CCCC(=O)N(Cc2cccc(OC)c2)[C@@H](C)C(=O)NC2CCCC2)S(C)(=O)=O)cc1. The molecule has 3 rings (SSSR count). The molecule has 0 aromatic heterocycles. The van der Waals surface area contributed by atoms with Crippen LogP contribution in [0.1, 0.15) is 63.5 Å². The molecule has 1 saturated carbocycles. The van der Waals surface area contributed by atoms with Gasteiger partial charge in [-0.15, -0.1) is 0 Å². The lowest BCUT2D eigenvalue weighted by atomic mass is 10.1. The molecule has 38 heavy (non-hydrogen) atoms. The fourth-order valence-corrected chi connectivity index (χ4v) is 5.81. The second kappa shape index (κ2) is 13.6. The summed E-state index contributed by atoms with van der Waals surface area (Å²) < 4.78 is 31.7. The molecule has 1 fully saturated rings. The van der Waals surface area contributed by atoms with Gasteiger partial charge >= 0.3 is 0 Å². The number of rotatable bonds is 13. The highest BCUT2D eigenvalue weighted by atomic mass is 32.2. The predicted octanol–water partition coefficient (Wildman–Crippen LogP) is 4.28. The smallest absolute Gasteiger partial charge is 0.242 e. The predicted molar refractivity (Wildman–Crippen MR) is 151 cm³/mol. The Labute approximate surface area is 227 Å². The highest BCUT2D eigenvalue weighted by Crippen LogP contribution is 2.22. The number of amides is 2. The van der Waals surface area contributed by atoms with Crippen molar-refractivity contribution in [1.82, 2.24) is 10.2 Å². The zero-order valence-electron chi connectivity index (χ0n) is 23.0. The van der Waals surface area contributed by atoms with E-state index in [0.717, 1.165) is 43.2 Å². The van der Waals surface area contributed by atoms with E-state index >= 15 is 0 Å². The average molecular weight is 544 g/mol. The summed E-state index contributed by atoms with van der Waals surface area (Å²) in [7, 11) is -1.94. The van der Waals surface area contributed by atoms with E-state index in [1.165, 1.54) is 10.6 Å². The Morgan fingerprint density at radius 3 is 2.37 bits per heavy atom. The van der Waals surface area contributed by atoms with Crippen LogP contribution >= 0.6 is 0 Å². The second-order valence-corrected chi connectivity index (χ2v) is 11.9. The van der Waals surface area contributed by atoms with Crippen molar-refractivity contribution in [2.75, 3.05) is 24.2 Å². The van der Waals surface area contributed by atoms with Gasteiger partial charge in [0, 0.05) is 25.6 Å². The molecule has 1 atom stereocenters. The van der Waals surface area contributed by atoms with E-state index in [0.29, 0.717) is 17.9 Å². The van der Waals surface area contributed by atoms with Gasteiger partial charge in [-0.05, 0) is 68.0 Å². The van der Waals surface area contributed by atoms with Gasteiger partial charge in [0.05, 0.1) is 19.1 Å². The molecule has 1 aliphatic carbocycles. The third-order valence-corrected chi connectivity index (χ3v) is 8.33. The molecule has 2 aromatic carbocycles. The van der Waals surface area contributed by atoms with Gasteiger partial charge in [0.2, 0.25) is 21.8 Å². The number of nitrogens with zero attached hydrogens (tertiary/aromatic N) is 2. The lowest BCUT2D eigenvalue weighted by molar-refractivity contribution is -0.141. The van der Waals surface area contributed by atoms with Crippen LogP contribution < -0.4 is 14.4 Å². The zero-order chi connectivity index (χ0) is 27.7. The number of hydrogen-bond donors (Lipinski definition) is 1. The summed E-state index contributed by atoms with van der Waals surface area (Å²) in [5.41, 5.74) is 2.55. The number of anilines is 1. The Bertz CT molecular complexity index is 1180. The zero-order valence-corrected chi connectivity index (χ0v) is 23.8. The number of carbonyl (C=O) groups is 2. The van der Waals surface area contributed by atoms with Crippen LogP contribution in [0.3, 0.4) is 0 Å². The summed E-state index contributed by atoms with van der Waals surface area (Å²) in [5, 5.41) is 3.10. The summed E-state index contributed by atoms with van der Waals surface area (Å²) in [6.07, 6.45) is 6.60. The number of nitrogens with one attached hydrogen (secondary N) is 1. The van der Waals surface area contributed by atoms with Gasteiger partial charge in [-0.3, -0.25) is 13.9 Å². The summed E-state index contributed by atoms with van der Waals surface area (Å²) >= 11 is 0. The maximum atomic E-state index is 13.5. The van der Waals surface area contributed by atoms with E-state index in [1.54, 1.807) is 31.1 Å². The Morgan fingerprint density at radius 1 is 1.08 bits per heavy atom. The first-order valence-corrected chi connectivity index (χ1v) is 15.3. The molecule has 0 spiro atoms. The molecule has 0 saturated heterocycles. The van der Waals surface area contributed by atoms with Gasteiger partial charge < -0.3 is 15.0 Å². The molecule has 0 bridgehead atoms. The van der Waals surface area contributed by atoms with E-state index in [-0.39, 0.29) is 37.4 Å². The van der Waals surface area contributed by atoms with Crippen molar-refractivity contribution in [1.29, 1.82) is 0 Å². The highest BCUT2D eigenvalue weighted by molar-refractivity contribution is 7.92. The van der Waals surface area contributed by atoms with Crippen molar-refractivity contribution in [3.8, 4) is 5.75 Å². The Hall–Kier alpha value is -3.07. The molecular formula is C29H41N3O5S. The molecule has 1 aliphatic rings. The van der Waals surface area contributed by atoms with Gasteiger partial charge in [0.25, 0.3) is 0 Å². The Kier molecular flexibility index (Phi) is 10.6. The van der Waals surface area contributed by atoms with Crippen molar-refractivity contribution in [3.05, 3.63) is 59.7 Å². The minimum Gasteiger partial charge on any atom is -0.497 e. The number of hydrogen-bond acceptors (Lipinski definition) is 5. The molecule has 8 nitrogen and oxygen atoms in total. The largest absolute Gasteiger partial charge is 0.497 e. The van der Waals surface area contributed by atoms with Gasteiger partial charge in [-0.25, -0.2) is 8.42 Å². The third kappa shape index (κ3) is 8.21. The fraction of sp³-hybridized carbons (Fsp3) is 0.517. The van der Waals surface area contributed by atoms with Crippen molar-refractivity contribution in [2.45, 2.75) is 77.4 Å². The number of aryl methyl sites for hydroxylation is 1. The quantitative estimate of drug-likeness (QED) is 0.407. The van der Waals surface area contributed by atoms with Gasteiger partial charge in [-0.2, -0.15) is 0 Å². The molecule has 1 N–H and O–H groups in total. The monoisotopic (exact) mass is 543 g/mol. The lowest BCUT2D eigenvalue weighted by Crippen LogP contribution is -2.49. The van der Waals surface area contributed by atoms with Crippen molar-refractivity contribution >= 4 is 27.5 Å². The average Bonchev–Trinajstić information content (AvgIpc) is 3.41. The molecule has 0 heterocycles. The summed E-state index contributed by atoms with van der Waals surface area (Å²) in [6.45, 7) is 4.22. The Balaban J connectivity index is 1.72. The Morgan fingerprint density at radius 2 is 1.76 bits per heavy atom. The molecule has 0 unspecified atom stereocenters. The van der Waals surface area contributed by atoms with Crippen LogP contribution in [0.25, 0.3) is 0 Å². The number of ether oxygens (including phenoxy) is 1. The van der Waals surface area contributed by atoms with Crippen LogP contribution in [0.2, 0.25) is 0 Å². The van der Waals surface area contributed by atoms with Crippen molar-refractivity contribution in [2.24, 2.45) is 0 Å². The molecule has 2 amide bonds. The first-order valence-electron chi connectivity index (χ1n) is 13.4. The molecule has 9 heteroatoms. The molecule has 2 aromatic rings. The summed E-state index contributed by atoms with van der Waals surface area (Å²) in [6, 6.07) is 14.4. The molecule has 208 valence electrons. The van der Waals surface area contributed by atoms with Crippen LogP contribution in [0.5, 0.6) is 5.75 Å². The van der Waals surface area contributed by atoms with Gasteiger partial charge in [-0.1, -0.05) is 44.0 Å². The number of carbonyl (C=O) groups excluding carboxylic acids is 2. The lowest BCUT2D eigenvalue weighted by Gasteiger charge is -2.30. The highest BCUT2D eigenvalue weighted by Gasteiger charge is 2.29. The van der Waals surface area contributed by atoms with Crippen molar-refractivity contribution in [3.63, 3.8) is 0 Å². The first kappa shape index (κ1) is 29.5. The second-order valence-electron chi connectivity index (χ2n) is 10.00. The maximum Gasteiger partial charge on any atom is 0.242 e. The molecule has 0 aliphatic heterocycles. The van der Waals surface area contributed by atoms with Crippen LogP contribution in [0, 0.1) is 0 Å². The minimum absolute atomic E-state index is 0.115. The van der Waals surface area contributed by atoms with E-state index in [4.69, 9.17) is 4.74 Å². The van der Waals surface area contributed by atoms with Crippen LogP contribution in [0.4, 0.5) is 5.69 Å². The van der Waals surface area contributed by atoms with E-state index in [2.05, 4.69) is 5.32 Å². The maximum absolute atomic E-state index is 13.5. The molecule has 0 radical (unpaired) electrons. The number of methoxy groups -OCH3 is 1. The molecular weight excluding hydrogens is 502 g/mol. The number of benzene rings is 2. The van der Waals surface area contributed by atoms with Crippen LogP contribution in [-0.2, 0) is 32.6 Å². The summed E-state index contributed by atoms with van der Waals surface area (Å²) in [5.74, 6) is 0.314. The topological polar surface area (TPSA) is 96.0 Å². The van der Waals surface area contributed by atoms with E-state index in [9.17, 15) is 18.0 Å². The summed E-state index contributed by atoms with van der Waals surface area (Å²) in [4.78, 5) is 28.2. The minimum atomic E-state index is -3.52. The van der Waals surface area contributed by atoms with Gasteiger partial charge in [0.1, 0.15) is 11.8 Å².